The van der Waals surface area contributed by atoms with Crippen molar-refractivity contribution in [2.75, 3.05) is 43.6 Å². The van der Waals surface area contributed by atoms with E-state index >= 15 is 0 Å². The number of benzene rings is 1. The summed E-state index contributed by atoms with van der Waals surface area (Å²) in [6.45, 7) is 1.48. The normalized spacial score (nSPS) is 19.0. The lowest BCUT2D eigenvalue weighted by molar-refractivity contribution is -0.142. The van der Waals surface area contributed by atoms with E-state index in [0.717, 1.165) is 12.5 Å². The van der Waals surface area contributed by atoms with E-state index < -0.39 is 30.6 Å². The molecular weight excluding hydrogens is 592 g/mol. The minimum Gasteiger partial charge on any atom is -0.496 e. The van der Waals surface area contributed by atoms with Gasteiger partial charge in [0.1, 0.15) is 23.9 Å². The number of aromatic nitrogens is 3. The smallest absolute Gasteiger partial charge is 0.419 e. The fourth-order valence-corrected chi connectivity index (χ4v) is 6.50. The van der Waals surface area contributed by atoms with Crippen LogP contribution in [-0.2, 0) is 17.5 Å². The zero-order chi connectivity index (χ0) is 30.7. The number of likely N-dealkylation sites (tertiary alicyclic amines) is 1. The molecule has 3 N–H and O–H groups in total. The van der Waals surface area contributed by atoms with Crippen molar-refractivity contribution in [1.82, 2.24) is 19.9 Å². The lowest BCUT2D eigenvalue weighted by atomic mass is 9.97. The van der Waals surface area contributed by atoms with E-state index in [1.807, 2.05) is 9.80 Å². The topological polar surface area (TPSA) is 124 Å². The molecule has 0 radical (unpaired) electrons. The molecule has 0 saturated carbocycles. The number of hydrogen-bond acceptors (Lipinski definition) is 10. The SMILES string of the molecule is COc1ccc(-c2nc(NC(O)c3cnc(N4CCC(C(=O)O)CC4)cn3)sc2CN2CCC[C@H]2CF)cc1C(F)(F)F. The number of nitrogens with zero attached hydrogens (tertiary/aromatic N) is 5. The van der Waals surface area contributed by atoms with Crippen molar-refractivity contribution in [2.45, 2.75) is 50.7 Å². The Hall–Kier alpha value is -3.56. The number of nitrogens with one attached hydrogen (secondary N) is 1. The molecular formula is C28H32F4N6O4S. The van der Waals surface area contributed by atoms with E-state index in [2.05, 4.69) is 20.3 Å². The average Bonchev–Trinajstić information content (AvgIpc) is 3.62. The first-order valence-corrected chi connectivity index (χ1v) is 14.7. The molecule has 5 rings (SSSR count). The predicted octanol–water partition coefficient (Wildman–Crippen LogP) is 4.97. The fraction of sp³-hybridized carbons (Fsp3) is 0.500. The number of alkyl halides is 4. The Bertz CT molecular complexity index is 1420. The third-order valence-corrected chi connectivity index (χ3v) is 8.84. The van der Waals surface area contributed by atoms with E-state index in [1.54, 1.807) is 0 Å². The highest BCUT2D eigenvalue weighted by atomic mass is 32.1. The minimum absolute atomic E-state index is 0.198. The molecule has 1 aromatic carbocycles. The molecule has 2 atom stereocenters. The highest BCUT2D eigenvalue weighted by Gasteiger charge is 2.35. The zero-order valence-electron chi connectivity index (χ0n) is 23.3. The summed E-state index contributed by atoms with van der Waals surface area (Å²) >= 11 is 1.17. The number of hydrogen-bond donors (Lipinski definition) is 3. The van der Waals surface area contributed by atoms with Gasteiger partial charge in [-0.15, -0.1) is 11.3 Å². The number of ether oxygens (including phenoxy) is 1. The minimum atomic E-state index is -4.65. The first kappa shape index (κ1) is 30.9. The molecule has 2 fully saturated rings. The van der Waals surface area contributed by atoms with Gasteiger partial charge in [-0.3, -0.25) is 14.7 Å². The molecule has 0 spiro atoms. The van der Waals surface area contributed by atoms with Crippen LogP contribution in [0.3, 0.4) is 0 Å². The number of aliphatic hydroxyl groups is 1. The zero-order valence-corrected chi connectivity index (χ0v) is 24.2. The number of methoxy groups -OCH3 is 1. The molecule has 1 unspecified atom stereocenters. The number of thiazole rings is 1. The third kappa shape index (κ3) is 6.99. The summed E-state index contributed by atoms with van der Waals surface area (Å²) in [5, 5.41) is 23.2. The molecule has 232 valence electrons. The van der Waals surface area contributed by atoms with Crippen LogP contribution in [0.15, 0.2) is 30.6 Å². The summed E-state index contributed by atoms with van der Waals surface area (Å²) in [6, 6.07) is 3.44. The van der Waals surface area contributed by atoms with Crippen LogP contribution < -0.4 is 15.0 Å². The van der Waals surface area contributed by atoms with Crippen LogP contribution in [0.5, 0.6) is 5.75 Å². The van der Waals surface area contributed by atoms with Crippen LogP contribution >= 0.6 is 11.3 Å². The number of carboxylic acids is 1. The number of aliphatic carboxylic acids is 1. The van der Waals surface area contributed by atoms with Gasteiger partial charge in [0.2, 0.25) is 0 Å². The summed E-state index contributed by atoms with van der Waals surface area (Å²) in [6.07, 6.45) is -0.555. The molecule has 10 nitrogen and oxygen atoms in total. The van der Waals surface area contributed by atoms with Gasteiger partial charge in [0, 0.05) is 36.1 Å². The quantitative estimate of drug-likeness (QED) is 0.211. The van der Waals surface area contributed by atoms with Crippen molar-refractivity contribution in [1.29, 1.82) is 0 Å². The first-order chi connectivity index (χ1) is 20.6. The number of carboxylic acid groups (broad SMARTS) is 1. The van der Waals surface area contributed by atoms with E-state index in [1.165, 1.54) is 43.0 Å². The van der Waals surface area contributed by atoms with E-state index in [9.17, 15) is 32.6 Å². The standard InChI is InChI=1S/C28H32F4N6O4S/c1-42-21-5-4-17(11-19(21)28(30,31)32)24-22(15-38-8-2-3-18(38)12-29)43-27(35-24)36-25(39)20-13-34-23(14-33-20)37-9-6-16(7-10-37)26(40)41/h4-5,11,13-14,16,18,25,39H,2-3,6-10,12,15H2,1H3,(H,35,36)(H,40,41)/t18-,25?/m0/s1. The second-order valence-corrected chi connectivity index (χ2v) is 11.7. The molecule has 3 aromatic rings. The van der Waals surface area contributed by atoms with E-state index in [4.69, 9.17) is 4.74 Å². The average molecular weight is 625 g/mol. The summed E-state index contributed by atoms with van der Waals surface area (Å²) in [4.78, 5) is 29.0. The first-order valence-electron chi connectivity index (χ1n) is 13.9. The summed E-state index contributed by atoms with van der Waals surface area (Å²) in [5.74, 6) is -0.938. The monoisotopic (exact) mass is 624 g/mol. The lowest BCUT2D eigenvalue weighted by Gasteiger charge is -2.30. The van der Waals surface area contributed by atoms with E-state index in [0.29, 0.717) is 61.8 Å². The number of piperidine rings is 1. The van der Waals surface area contributed by atoms with Crippen molar-refractivity contribution in [3.05, 3.63) is 46.7 Å². The van der Waals surface area contributed by atoms with E-state index in [-0.39, 0.29) is 34.1 Å². The highest BCUT2D eigenvalue weighted by molar-refractivity contribution is 7.16. The Kier molecular flexibility index (Phi) is 9.32. The predicted molar refractivity (Wildman–Crippen MR) is 152 cm³/mol. The second kappa shape index (κ2) is 13.0. The van der Waals surface area contributed by atoms with Crippen LogP contribution in [0.1, 0.15) is 48.0 Å². The molecule has 0 amide bonds. The van der Waals surface area contributed by atoms with Gasteiger partial charge in [0.25, 0.3) is 0 Å². The number of aliphatic hydroxyl groups excluding tert-OH is 1. The van der Waals surface area contributed by atoms with Gasteiger partial charge in [-0.25, -0.2) is 14.4 Å². The Morgan fingerprint density at radius 1 is 1.19 bits per heavy atom. The summed E-state index contributed by atoms with van der Waals surface area (Å²) in [5.41, 5.74) is -0.230. The number of rotatable bonds is 10. The number of anilines is 2. The van der Waals surface area contributed by atoms with Crippen molar-refractivity contribution in [3.8, 4) is 17.0 Å². The second-order valence-electron chi connectivity index (χ2n) is 10.6. The Morgan fingerprint density at radius 2 is 1.95 bits per heavy atom. The van der Waals surface area contributed by atoms with Crippen molar-refractivity contribution < 1.29 is 37.3 Å². The van der Waals surface area contributed by atoms with Gasteiger partial charge in [-0.05, 0) is 50.4 Å². The lowest BCUT2D eigenvalue weighted by Crippen LogP contribution is -2.36. The maximum Gasteiger partial charge on any atom is 0.419 e. The molecule has 2 aromatic heterocycles. The van der Waals surface area contributed by atoms with Gasteiger partial charge in [-0.2, -0.15) is 13.2 Å². The molecule has 2 saturated heterocycles. The van der Waals surface area contributed by atoms with Crippen LogP contribution in [-0.4, -0.2) is 75.5 Å². The van der Waals surface area contributed by atoms with Gasteiger partial charge < -0.3 is 25.2 Å². The molecule has 15 heteroatoms. The molecule has 2 aliphatic heterocycles. The van der Waals surface area contributed by atoms with Crippen LogP contribution in [0, 0.1) is 5.92 Å². The summed E-state index contributed by atoms with van der Waals surface area (Å²) < 4.78 is 59.9. The van der Waals surface area contributed by atoms with Gasteiger partial charge >= 0.3 is 12.1 Å². The maximum atomic E-state index is 13.8. The molecule has 43 heavy (non-hydrogen) atoms. The van der Waals surface area contributed by atoms with Crippen LogP contribution in [0.4, 0.5) is 28.5 Å². The van der Waals surface area contributed by atoms with Gasteiger partial charge in [0.05, 0.1) is 36.7 Å². The fourth-order valence-electron chi connectivity index (χ4n) is 5.47. The molecule has 2 aliphatic rings. The summed E-state index contributed by atoms with van der Waals surface area (Å²) in [7, 11) is 1.17. The Balaban J connectivity index is 1.37. The van der Waals surface area contributed by atoms with Crippen LogP contribution in [0.2, 0.25) is 0 Å². The maximum absolute atomic E-state index is 13.8. The van der Waals surface area contributed by atoms with Gasteiger partial charge in [-0.1, -0.05) is 0 Å². The number of halogens is 4. The molecule has 0 aliphatic carbocycles. The number of carbonyl (C=O) groups is 1. The van der Waals surface area contributed by atoms with Crippen molar-refractivity contribution in [3.63, 3.8) is 0 Å². The van der Waals surface area contributed by atoms with Crippen molar-refractivity contribution >= 4 is 28.3 Å². The van der Waals surface area contributed by atoms with Crippen LogP contribution in [0.25, 0.3) is 11.3 Å². The van der Waals surface area contributed by atoms with Crippen molar-refractivity contribution in [2.24, 2.45) is 5.92 Å². The Morgan fingerprint density at radius 3 is 2.58 bits per heavy atom. The molecule has 4 heterocycles. The Labute approximate surface area is 249 Å². The highest BCUT2D eigenvalue weighted by Crippen LogP contribution is 2.41. The largest absolute Gasteiger partial charge is 0.496 e. The van der Waals surface area contributed by atoms with Gasteiger partial charge in [0.15, 0.2) is 11.4 Å². The molecule has 0 bridgehead atoms. The third-order valence-electron chi connectivity index (χ3n) is 7.87.